The predicted molar refractivity (Wildman–Crippen MR) is 112 cm³/mol. The SMILES string of the molecule is Cc1noc(C)c1S(=O)(=O)N1CCN(C(C)c2nc3ccccc3c(=O)n2C)CC1. The van der Waals surface area contributed by atoms with Crippen LogP contribution in [0.2, 0.25) is 0 Å². The van der Waals surface area contributed by atoms with Gasteiger partial charge in [-0.15, -0.1) is 0 Å². The van der Waals surface area contributed by atoms with Crippen LogP contribution in [0, 0.1) is 13.8 Å². The second-order valence-corrected chi connectivity index (χ2v) is 9.50. The Morgan fingerprint density at radius 3 is 2.40 bits per heavy atom. The van der Waals surface area contributed by atoms with E-state index in [1.165, 1.54) is 4.31 Å². The van der Waals surface area contributed by atoms with E-state index in [1.54, 1.807) is 31.5 Å². The summed E-state index contributed by atoms with van der Waals surface area (Å²) in [4.78, 5) is 19.7. The third-order valence-corrected chi connectivity index (χ3v) is 7.92. The third-order valence-electron chi connectivity index (χ3n) is 5.78. The van der Waals surface area contributed by atoms with Gasteiger partial charge in [-0.25, -0.2) is 13.4 Å². The highest BCUT2D eigenvalue weighted by molar-refractivity contribution is 7.89. The number of sulfonamides is 1. The van der Waals surface area contributed by atoms with Gasteiger partial charge in [0.2, 0.25) is 10.0 Å². The maximum Gasteiger partial charge on any atom is 0.261 e. The number of benzene rings is 1. The molecule has 0 saturated carbocycles. The van der Waals surface area contributed by atoms with E-state index in [9.17, 15) is 13.2 Å². The van der Waals surface area contributed by atoms with Gasteiger partial charge in [0.1, 0.15) is 16.4 Å². The van der Waals surface area contributed by atoms with Gasteiger partial charge < -0.3 is 4.52 Å². The molecule has 1 atom stereocenters. The van der Waals surface area contributed by atoms with Gasteiger partial charge >= 0.3 is 0 Å². The molecule has 3 heterocycles. The molecule has 3 aromatic rings. The molecule has 10 heteroatoms. The lowest BCUT2D eigenvalue weighted by molar-refractivity contribution is 0.139. The van der Waals surface area contributed by atoms with Gasteiger partial charge in [-0.3, -0.25) is 14.3 Å². The summed E-state index contributed by atoms with van der Waals surface area (Å²) in [5.74, 6) is 0.972. The van der Waals surface area contributed by atoms with Crippen LogP contribution in [0.25, 0.3) is 10.9 Å². The number of aryl methyl sites for hydroxylation is 2. The van der Waals surface area contributed by atoms with E-state index >= 15 is 0 Å². The van der Waals surface area contributed by atoms with Crippen LogP contribution >= 0.6 is 0 Å². The standard InChI is InChI=1S/C20H25N5O4S/c1-13-18(15(3)29-22-13)30(27,28)25-11-9-24(10-12-25)14(2)19-21-17-8-6-5-7-16(17)20(26)23(19)4/h5-8,14H,9-12H2,1-4H3. The fourth-order valence-electron chi connectivity index (χ4n) is 4.08. The zero-order valence-corrected chi connectivity index (χ0v) is 18.3. The molecular formula is C20H25N5O4S. The van der Waals surface area contributed by atoms with Crippen LogP contribution in [0.3, 0.4) is 0 Å². The van der Waals surface area contributed by atoms with Crippen LogP contribution in [0.15, 0.2) is 38.5 Å². The Bertz CT molecular complexity index is 1240. The van der Waals surface area contributed by atoms with Crippen molar-refractivity contribution in [3.63, 3.8) is 0 Å². The van der Waals surface area contributed by atoms with Gasteiger partial charge in [-0.1, -0.05) is 17.3 Å². The molecule has 2 aromatic heterocycles. The summed E-state index contributed by atoms with van der Waals surface area (Å²) in [6, 6.07) is 7.17. The van der Waals surface area contributed by atoms with E-state index in [0.717, 1.165) is 0 Å². The maximum absolute atomic E-state index is 13.0. The number of hydrogen-bond acceptors (Lipinski definition) is 7. The van der Waals surface area contributed by atoms with E-state index in [0.29, 0.717) is 54.4 Å². The first-order valence-corrected chi connectivity index (χ1v) is 11.3. The zero-order valence-electron chi connectivity index (χ0n) is 17.5. The molecule has 0 bridgehead atoms. The first-order valence-electron chi connectivity index (χ1n) is 9.84. The van der Waals surface area contributed by atoms with E-state index in [-0.39, 0.29) is 16.5 Å². The molecule has 0 N–H and O–H groups in total. The first kappa shape index (κ1) is 20.7. The average molecular weight is 432 g/mol. The minimum Gasteiger partial charge on any atom is -0.360 e. The molecule has 1 aliphatic rings. The van der Waals surface area contributed by atoms with Gasteiger partial charge in [0, 0.05) is 33.2 Å². The van der Waals surface area contributed by atoms with Gasteiger partial charge in [0.05, 0.1) is 16.9 Å². The number of aromatic nitrogens is 3. The summed E-state index contributed by atoms with van der Waals surface area (Å²) in [7, 11) is -1.93. The van der Waals surface area contributed by atoms with Gasteiger partial charge in [-0.2, -0.15) is 4.31 Å². The molecule has 0 spiro atoms. The van der Waals surface area contributed by atoms with E-state index in [4.69, 9.17) is 9.51 Å². The highest BCUT2D eigenvalue weighted by Gasteiger charge is 2.34. The Morgan fingerprint density at radius 1 is 1.10 bits per heavy atom. The van der Waals surface area contributed by atoms with Crippen molar-refractivity contribution in [2.24, 2.45) is 7.05 Å². The molecule has 30 heavy (non-hydrogen) atoms. The number of rotatable bonds is 4. The highest BCUT2D eigenvalue weighted by Crippen LogP contribution is 2.26. The molecule has 1 aromatic carbocycles. The normalized spacial score (nSPS) is 17.5. The van der Waals surface area contributed by atoms with Crippen molar-refractivity contribution in [3.05, 3.63) is 51.9 Å². The van der Waals surface area contributed by atoms with Crippen molar-refractivity contribution >= 4 is 20.9 Å². The molecule has 0 radical (unpaired) electrons. The van der Waals surface area contributed by atoms with Crippen LogP contribution in [0.4, 0.5) is 0 Å². The van der Waals surface area contributed by atoms with Gasteiger partial charge in [0.25, 0.3) is 5.56 Å². The summed E-state index contributed by atoms with van der Waals surface area (Å²) >= 11 is 0. The molecule has 160 valence electrons. The van der Waals surface area contributed by atoms with Crippen LogP contribution in [-0.2, 0) is 17.1 Å². The molecule has 0 aliphatic carbocycles. The van der Waals surface area contributed by atoms with Crippen molar-refractivity contribution in [1.29, 1.82) is 0 Å². The molecule has 1 fully saturated rings. The second kappa shape index (κ2) is 7.60. The monoisotopic (exact) mass is 431 g/mol. The Balaban J connectivity index is 1.56. The predicted octanol–water partition coefficient (Wildman–Crippen LogP) is 1.61. The third kappa shape index (κ3) is 3.34. The molecule has 4 rings (SSSR count). The smallest absolute Gasteiger partial charge is 0.261 e. The summed E-state index contributed by atoms with van der Waals surface area (Å²) in [6.45, 7) is 7.00. The number of hydrogen-bond donors (Lipinski definition) is 0. The zero-order chi connectivity index (χ0) is 21.6. The van der Waals surface area contributed by atoms with E-state index < -0.39 is 10.0 Å². The van der Waals surface area contributed by atoms with E-state index in [2.05, 4.69) is 10.1 Å². The molecule has 1 aliphatic heterocycles. The fraction of sp³-hybridized carbons (Fsp3) is 0.450. The quantitative estimate of drug-likeness (QED) is 0.618. The Hall–Kier alpha value is -2.56. The second-order valence-electron chi connectivity index (χ2n) is 7.62. The largest absolute Gasteiger partial charge is 0.360 e. The number of para-hydroxylation sites is 1. The summed E-state index contributed by atoms with van der Waals surface area (Å²) in [5, 5.41) is 4.36. The number of fused-ring (bicyclic) bond motifs is 1. The van der Waals surface area contributed by atoms with Crippen molar-refractivity contribution in [2.45, 2.75) is 31.7 Å². The Kier molecular flexibility index (Phi) is 5.25. The number of piperazine rings is 1. The topological polar surface area (TPSA) is 102 Å². The minimum atomic E-state index is -3.66. The lowest BCUT2D eigenvalue weighted by Crippen LogP contribution is -2.49. The fourth-order valence-corrected chi connectivity index (χ4v) is 5.79. The van der Waals surface area contributed by atoms with Gasteiger partial charge in [-0.05, 0) is 32.9 Å². The molecule has 1 unspecified atom stereocenters. The number of nitrogens with zero attached hydrogens (tertiary/aromatic N) is 5. The van der Waals surface area contributed by atoms with Gasteiger partial charge in [0.15, 0.2) is 5.76 Å². The van der Waals surface area contributed by atoms with Crippen molar-refractivity contribution in [3.8, 4) is 0 Å². The lowest BCUT2D eigenvalue weighted by Gasteiger charge is -2.37. The average Bonchev–Trinajstić information content (AvgIpc) is 3.09. The Labute approximate surface area is 175 Å². The molecule has 1 saturated heterocycles. The van der Waals surface area contributed by atoms with Crippen LogP contribution in [0.5, 0.6) is 0 Å². The summed E-state index contributed by atoms with van der Waals surface area (Å²) in [5.41, 5.74) is 0.961. The minimum absolute atomic E-state index is 0.0814. The van der Waals surface area contributed by atoms with E-state index in [1.807, 2.05) is 25.1 Å². The van der Waals surface area contributed by atoms with Crippen LogP contribution in [-0.4, -0.2) is 58.5 Å². The van der Waals surface area contributed by atoms with Crippen LogP contribution < -0.4 is 5.56 Å². The summed E-state index contributed by atoms with van der Waals surface area (Å²) < 4.78 is 34.2. The Morgan fingerprint density at radius 2 is 1.77 bits per heavy atom. The summed E-state index contributed by atoms with van der Waals surface area (Å²) in [6.07, 6.45) is 0. The molecular weight excluding hydrogens is 406 g/mol. The van der Waals surface area contributed by atoms with Crippen LogP contribution in [0.1, 0.15) is 30.2 Å². The first-order chi connectivity index (χ1) is 14.2. The van der Waals surface area contributed by atoms with Crippen molar-refractivity contribution in [2.75, 3.05) is 26.2 Å². The van der Waals surface area contributed by atoms with Crippen molar-refractivity contribution < 1.29 is 12.9 Å². The molecule has 9 nitrogen and oxygen atoms in total. The maximum atomic E-state index is 13.0. The molecule has 0 amide bonds. The van der Waals surface area contributed by atoms with Crippen molar-refractivity contribution in [1.82, 2.24) is 23.9 Å². The lowest BCUT2D eigenvalue weighted by atomic mass is 10.2. The highest BCUT2D eigenvalue weighted by atomic mass is 32.2.